The van der Waals surface area contributed by atoms with Crippen molar-refractivity contribution in [2.75, 3.05) is 0 Å². The molecule has 0 fully saturated rings. The second kappa shape index (κ2) is 10.1. The number of aliphatic hydroxyl groups is 1. The predicted octanol–water partition coefficient (Wildman–Crippen LogP) is 4.63. The summed E-state index contributed by atoms with van der Waals surface area (Å²) in [4.78, 5) is 3.73. The Balaban J connectivity index is 1.65. The van der Waals surface area contributed by atoms with E-state index in [9.17, 15) is 27.1 Å². The van der Waals surface area contributed by atoms with Crippen LogP contribution in [0.5, 0.6) is 5.75 Å². The number of benzene rings is 2. The van der Waals surface area contributed by atoms with Crippen LogP contribution < -0.4 is 4.74 Å². The van der Waals surface area contributed by atoms with Crippen molar-refractivity contribution < 1.29 is 40.6 Å². The van der Waals surface area contributed by atoms with Crippen molar-refractivity contribution in [3.63, 3.8) is 0 Å². The smallest absolute Gasteiger partial charge is 0.323 e. The molecule has 2 unspecified atom stereocenters. The number of aromatic nitrogens is 5. The van der Waals surface area contributed by atoms with Gasteiger partial charge in [-0.15, -0.1) is 5.10 Å². The van der Waals surface area contributed by atoms with Crippen molar-refractivity contribution in [3.05, 3.63) is 90.0 Å². The first-order valence-corrected chi connectivity index (χ1v) is 10.4. The average Bonchev–Trinajstić information content (AvgIpc) is 3.37. The third-order valence-corrected chi connectivity index (χ3v) is 5.40. The zero-order valence-corrected chi connectivity index (χ0v) is 18.4. The Kier molecular flexibility index (Phi) is 7.12. The molecule has 0 radical (unpaired) electrons. The van der Waals surface area contributed by atoms with E-state index in [-0.39, 0.29) is 5.75 Å². The summed E-state index contributed by atoms with van der Waals surface area (Å²) < 4.78 is 102. The van der Waals surface area contributed by atoms with Gasteiger partial charge in [-0.05, 0) is 46.3 Å². The highest BCUT2D eigenvalue weighted by molar-refractivity contribution is 5.63. The SMILES string of the molecule is OC(Cn1cnnn1)(c1ccc(F)cc1F)C(F)(F)c1ccc(-c2ccc(OC(F)C(F)F)cc2)cn1. The second-order valence-electron chi connectivity index (χ2n) is 7.83. The maximum absolute atomic E-state index is 15.8. The minimum Gasteiger partial charge on any atom is -0.454 e. The molecule has 0 saturated carbocycles. The van der Waals surface area contributed by atoms with Crippen LogP contribution in [0, 0.1) is 11.6 Å². The van der Waals surface area contributed by atoms with Crippen LogP contribution in [-0.2, 0) is 18.1 Å². The number of alkyl halides is 5. The lowest BCUT2D eigenvalue weighted by Gasteiger charge is -2.35. The van der Waals surface area contributed by atoms with Crippen molar-refractivity contribution in [1.82, 2.24) is 25.2 Å². The average molecular weight is 527 g/mol. The molecule has 194 valence electrons. The molecule has 4 rings (SSSR count). The molecule has 1 N–H and O–H groups in total. The Morgan fingerprint density at radius 3 is 2.22 bits per heavy atom. The van der Waals surface area contributed by atoms with E-state index in [1.807, 2.05) is 0 Å². The maximum Gasteiger partial charge on any atom is 0.323 e. The van der Waals surface area contributed by atoms with Crippen molar-refractivity contribution in [2.24, 2.45) is 0 Å². The zero-order chi connectivity index (χ0) is 26.8. The molecule has 0 saturated heterocycles. The Labute approximate surface area is 204 Å². The number of nitrogens with zero attached hydrogens (tertiary/aromatic N) is 5. The molecular formula is C23H16F7N5O2. The van der Waals surface area contributed by atoms with E-state index in [2.05, 4.69) is 25.2 Å². The largest absolute Gasteiger partial charge is 0.454 e. The molecule has 14 heteroatoms. The van der Waals surface area contributed by atoms with Gasteiger partial charge in [0.2, 0.25) is 0 Å². The van der Waals surface area contributed by atoms with Crippen LogP contribution in [0.1, 0.15) is 11.3 Å². The van der Waals surface area contributed by atoms with Gasteiger partial charge in [0.25, 0.3) is 6.36 Å². The summed E-state index contributed by atoms with van der Waals surface area (Å²) in [5, 5.41) is 21.2. The second-order valence-corrected chi connectivity index (χ2v) is 7.83. The molecule has 0 aliphatic rings. The Hall–Kier alpha value is -4.07. The van der Waals surface area contributed by atoms with E-state index < -0.39 is 53.7 Å². The summed E-state index contributed by atoms with van der Waals surface area (Å²) in [6.45, 7) is -1.01. The van der Waals surface area contributed by atoms with Crippen LogP contribution >= 0.6 is 0 Å². The lowest BCUT2D eigenvalue weighted by Crippen LogP contribution is -2.48. The van der Waals surface area contributed by atoms with Gasteiger partial charge >= 0.3 is 12.3 Å². The summed E-state index contributed by atoms with van der Waals surface area (Å²) in [6.07, 6.45) is -4.18. The number of tetrazole rings is 1. The lowest BCUT2D eigenvalue weighted by molar-refractivity contribution is -0.207. The summed E-state index contributed by atoms with van der Waals surface area (Å²) in [5.74, 6) is -6.87. The van der Waals surface area contributed by atoms with Crippen LogP contribution in [0.25, 0.3) is 11.1 Å². The standard InChI is InChI=1S/C23H16F7N5O2/c24-15-4-7-17(18(25)9-15)22(36,11-35-12-32-33-34-35)23(29,30)19-8-3-14(10-31-19)13-1-5-16(6-2-13)37-21(28)20(26)27/h1-10,12,20-21,36H,11H2. The highest BCUT2D eigenvalue weighted by atomic mass is 19.3. The first kappa shape index (κ1) is 26.0. The fourth-order valence-corrected chi connectivity index (χ4v) is 3.54. The van der Waals surface area contributed by atoms with Gasteiger partial charge in [-0.2, -0.15) is 13.2 Å². The van der Waals surface area contributed by atoms with Crippen molar-refractivity contribution in [1.29, 1.82) is 0 Å². The topological polar surface area (TPSA) is 86.0 Å². The Morgan fingerprint density at radius 1 is 0.946 bits per heavy atom. The highest BCUT2D eigenvalue weighted by Gasteiger charge is 2.58. The predicted molar refractivity (Wildman–Crippen MR) is 113 cm³/mol. The molecule has 4 aromatic rings. The fourth-order valence-electron chi connectivity index (χ4n) is 3.54. The van der Waals surface area contributed by atoms with Crippen LogP contribution in [0.2, 0.25) is 0 Å². The molecule has 0 bridgehead atoms. The molecule has 0 spiro atoms. The van der Waals surface area contributed by atoms with Gasteiger partial charge in [0.05, 0.1) is 6.54 Å². The number of rotatable bonds is 9. The highest BCUT2D eigenvalue weighted by Crippen LogP contribution is 2.46. The van der Waals surface area contributed by atoms with E-state index in [0.29, 0.717) is 23.3 Å². The monoisotopic (exact) mass is 527 g/mol. The van der Waals surface area contributed by atoms with Gasteiger partial charge in [0.1, 0.15) is 29.4 Å². The first-order chi connectivity index (χ1) is 17.5. The van der Waals surface area contributed by atoms with Gasteiger partial charge in [-0.1, -0.05) is 18.2 Å². The molecule has 2 aromatic heterocycles. The van der Waals surface area contributed by atoms with Crippen LogP contribution in [0.3, 0.4) is 0 Å². The molecule has 7 nitrogen and oxygen atoms in total. The van der Waals surface area contributed by atoms with Crippen molar-refractivity contribution in [2.45, 2.75) is 30.9 Å². The number of ether oxygens (including phenoxy) is 1. The minimum absolute atomic E-state index is 0.179. The van der Waals surface area contributed by atoms with Gasteiger partial charge in [-0.25, -0.2) is 22.2 Å². The van der Waals surface area contributed by atoms with Crippen molar-refractivity contribution in [3.8, 4) is 16.9 Å². The summed E-state index contributed by atoms with van der Waals surface area (Å²) in [6, 6.07) is 9.01. The van der Waals surface area contributed by atoms with E-state index in [1.54, 1.807) is 0 Å². The molecule has 0 aliphatic carbocycles. The summed E-state index contributed by atoms with van der Waals surface area (Å²) in [7, 11) is 0. The lowest BCUT2D eigenvalue weighted by atomic mass is 9.84. The molecule has 2 atom stereocenters. The van der Waals surface area contributed by atoms with E-state index >= 15 is 8.78 Å². The van der Waals surface area contributed by atoms with E-state index in [1.165, 1.54) is 30.3 Å². The van der Waals surface area contributed by atoms with Gasteiger partial charge < -0.3 is 9.84 Å². The van der Waals surface area contributed by atoms with Crippen LogP contribution in [0.4, 0.5) is 30.7 Å². The maximum atomic E-state index is 15.8. The van der Waals surface area contributed by atoms with Gasteiger partial charge in [-0.3, -0.25) is 4.98 Å². The minimum atomic E-state index is -4.24. The van der Waals surface area contributed by atoms with Gasteiger partial charge in [0.15, 0.2) is 5.60 Å². The Bertz CT molecular complexity index is 1340. The molecule has 0 amide bonds. The fraction of sp³-hybridized carbons (Fsp3) is 0.217. The molecule has 2 heterocycles. The number of hydrogen-bond donors (Lipinski definition) is 1. The number of pyridine rings is 1. The summed E-state index contributed by atoms with van der Waals surface area (Å²) >= 11 is 0. The zero-order valence-electron chi connectivity index (χ0n) is 18.4. The van der Waals surface area contributed by atoms with E-state index in [0.717, 1.165) is 29.3 Å². The molecule has 0 aliphatic heterocycles. The molecule has 37 heavy (non-hydrogen) atoms. The molecular weight excluding hydrogens is 511 g/mol. The summed E-state index contributed by atoms with van der Waals surface area (Å²) in [5.41, 5.74) is -4.45. The van der Waals surface area contributed by atoms with Crippen molar-refractivity contribution >= 4 is 0 Å². The molecule has 2 aromatic carbocycles. The normalized spacial score (nSPS) is 14.4. The van der Waals surface area contributed by atoms with Crippen LogP contribution in [-0.4, -0.2) is 43.1 Å². The number of halogens is 7. The van der Waals surface area contributed by atoms with Gasteiger partial charge in [0, 0.05) is 23.4 Å². The Morgan fingerprint density at radius 2 is 1.65 bits per heavy atom. The first-order valence-electron chi connectivity index (χ1n) is 10.4. The third kappa shape index (κ3) is 5.23. The quantitative estimate of drug-likeness (QED) is 0.320. The van der Waals surface area contributed by atoms with E-state index in [4.69, 9.17) is 0 Å². The number of hydrogen-bond acceptors (Lipinski definition) is 6. The third-order valence-electron chi connectivity index (χ3n) is 5.40. The van der Waals surface area contributed by atoms with Crippen LogP contribution in [0.15, 0.2) is 67.1 Å².